The number of carbonyl (C=O) groups excluding carboxylic acids is 2. The first-order valence-corrected chi connectivity index (χ1v) is 15.2. The predicted molar refractivity (Wildman–Crippen MR) is 154 cm³/mol. The summed E-state index contributed by atoms with van der Waals surface area (Å²) in [5.74, 6) is -0.519. The molecule has 2 aromatic carbocycles. The van der Waals surface area contributed by atoms with Crippen molar-refractivity contribution in [1.29, 1.82) is 0 Å². The third-order valence-electron chi connectivity index (χ3n) is 10.3. The van der Waals surface area contributed by atoms with Gasteiger partial charge in [-0.05, 0) is 86.1 Å². The summed E-state index contributed by atoms with van der Waals surface area (Å²) in [7, 11) is 1.38. The van der Waals surface area contributed by atoms with Gasteiger partial charge >= 0.3 is 12.1 Å². The number of hydrogen-bond acceptors (Lipinski definition) is 5. The average Bonchev–Trinajstić information content (AvgIpc) is 3.69. The minimum Gasteiger partial charge on any atom is -0.469 e. The summed E-state index contributed by atoms with van der Waals surface area (Å²) in [6.45, 7) is 1.10. The first-order valence-electron chi connectivity index (χ1n) is 15.2. The van der Waals surface area contributed by atoms with Gasteiger partial charge in [-0.25, -0.2) is 4.39 Å². The lowest BCUT2D eigenvalue weighted by Gasteiger charge is -2.45. The molecular formula is C34H36F4N2O4. The van der Waals surface area contributed by atoms with Crippen molar-refractivity contribution >= 4 is 11.9 Å². The lowest BCUT2D eigenvalue weighted by molar-refractivity contribution is -0.228. The Morgan fingerprint density at radius 2 is 1.70 bits per heavy atom. The van der Waals surface area contributed by atoms with Gasteiger partial charge in [0.1, 0.15) is 6.26 Å². The quantitative estimate of drug-likeness (QED) is 0.220. The van der Waals surface area contributed by atoms with E-state index < -0.39 is 22.8 Å². The number of methoxy groups -OCH3 is 1. The Kier molecular flexibility index (Phi) is 7.82. The highest BCUT2D eigenvalue weighted by Gasteiger charge is 2.56. The fourth-order valence-corrected chi connectivity index (χ4v) is 7.79. The van der Waals surface area contributed by atoms with Crippen molar-refractivity contribution in [2.75, 3.05) is 13.7 Å². The van der Waals surface area contributed by atoms with E-state index >= 15 is 4.39 Å². The first-order chi connectivity index (χ1) is 20.9. The van der Waals surface area contributed by atoms with Crippen molar-refractivity contribution in [1.82, 2.24) is 10.1 Å². The van der Waals surface area contributed by atoms with Gasteiger partial charge in [0.2, 0.25) is 11.6 Å². The largest absolute Gasteiger partial charge is 0.469 e. The van der Waals surface area contributed by atoms with Gasteiger partial charge in [0, 0.05) is 29.5 Å². The second-order valence-electron chi connectivity index (χ2n) is 12.7. The molecule has 1 saturated carbocycles. The summed E-state index contributed by atoms with van der Waals surface area (Å²) in [6.07, 6.45) is 2.88. The van der Waals surface area contributed by atoms with E-state index in [1.165, 1.54) is 19.2 Å². The zero-order chi connectivity index (χ0) is 31.3. The summed E-state index contributed by atoms with van der Waals surface area (Å²) in [5, 5.41) is 3.77. The van der Waals surface area contributed by atoms with Crippen LogP contribution in [-0.2, 0) is 38.3 Å². The molecule has 0 radical (unpaired) electrons. The number of fused-ring (bicyclic) bond motifs is 3. The van der Waals surface area contributed by atoms with Crippen molar-refractivity contribution in [3.8, 4) is 11.1 Å². The first kappa shape index (κ1) is 30.3. The van der Waals surface area contributed by atoms with Crippen LogP contribution < -0.4 is 0 Å². The number of alkyl halides is 4. The molecule has 3 atom stereocenters. The van der Waals surface area contributed by atoms with Crippen molar-refractivity contribution < 1.29 is 36.4 Å². The van der Waals surface area contributed by atoms with Crippen LogP contribution in [0.5, 0.6) is 0 Å². The van der Waals surface area contributed by atoms with Crippen LogP contribution in [0.3, 0.4) is 0 Å². The summed E-state index contributed by atoms with van der Waals surface area (Å²) in [6, 6.07) is 12.2. The molecule has 234 valence electrons. The molecule has 6 nitrogen and oxygen atoms in total. The Balaban J connectivity index is 1.32. The molecule has 44 heavy (non-hydrogen) atoms. The molecule has 1 aliphatic heterocycles. The number of amides is 1. The number of likely N-dealkylation sites (tertiary alicyclic amines) is 1. The van der Waals surface area contributed by atoms with E-state index in [9.17, 15) is 22.8 Å². The molecule has 1 saturated heterocycles. The summed E-state index contributed by atoms with van der Waals surface area (Å²) in [5.41, 5.74) is 0.0251. The molecule has 3 unspecified atom stereocenters. The van der Waals surface area contributed by atoms with Crippen LogP contribution in [0.25, 0.3) is 11.1 Å². The number of esters is 1. The molecular weight excluding hydrogens is 576 g/mol. The summed E-state index contributed by atoms with van der Waals surface area (Å²) >= 11 is 0. The molecule has 3 aromatic rings. The molecule has 1 aromatic heterocycles. The van der Waals surface area contributed by atoms with Gasteiger partial charge in [0.15, 0.2) is 0 Å². The molecule has 3 aliphatic rings. The number of carbonyl (C=O) groups is 2. The lowest BCUT2D eigenvalue weighted by Crippen LogP contribution is -2.51. The Morgan fingerprint density at radius 3 is 2.34 bits per heavy atom. The molecule has 1 amide bonds. The van der Waals surface area contributed by atoms with Crippen LogP contribution in [0.4, 0.5) is 17.6 Å². The van der Waals surface area contributed by atoms with Gasteiger partial charge < -0.3 is 14.2 Å². The highest BCUT2D eigenvalue weighted by atomic mass is 19.4. The van der Waals surface area contributed by atoms with Crippen molar-refractivity contribution in [3.05, 3.63) is 77.2 Å². The van der Waals surface area contributed by atoms with Crippen molar-refractivity contribution in [3.63, 3.8) is 0 Å². The number of rotatable bonds is 6. The number of hydrogen-bond donors (Lipinski definition) is 0. The Morgan fingerprint density at radius 1 is 1.00 bits per heavy atom. The molecule has 10 heteroatoms. The molecule has 2 heterocycles. The molecule has 0 N–H and O–H groups in total. The zero-order valence-electron chi connectivity index (χ0n) is 24.8. The zero-order valence-corrected chi connectivity index (χ0v) is 24.8. The van der Waals surface area contributed by atoms with Gasteiger partial charge in [-0.3, -0.25) is 9.59 Å². The van der Waals surface area contributed by atoms with Crippen LogP contribution in [0, 0.1) is 11.8 Å². The van der Waals surface area contributed by atoms with Crippen LogP contribution in [0.2, 0.25) is 0 Å². The predicted octanol–water partition coefficient (Wildman–Crippen LogP) is 7.10. The molecule has 2 fully saturated rings. The number of halogens is 4. The van der Waals surface area contributed by atoms with Crippen LogP contribution in [0.15, 0.2) is 59.4 Å². The van der Waals surface area contributed by atoms with Gasteiger partial charge in [-0.2, -0.15) is 13.2 Å². The van der Waals surface area contributed by atoms with Gasteiger partial charge in [0.25, 0.3) is 0 Å². The topological polar surface area (TPSA) is 72.6 Å². The number of aromatic nitrogens is 1. The molecule has 0 bridgehead atoms. The van der Waals surface area contributed by atoms with Gasteiger partial charge in [0.05, 0.1) is 19.2 Å². The number of benzene rings is 2. The fraction of sp³-hybridized carbons (Fsp3) is 0.500. The molecule has 6 rings (SSSR count). The van der Waals surface area contributed by atoms with Crippen LogP contribution in [0.1, 0.15) is 67.7 Å². The normalized spacial score (nSPS) is 26.4. The van der Waals surface area contributed by atoms with Crippen LogP contribution >= 0.6 is 0 Å². The van der Waals surface area contributed by atoms with E-state index in [4.69, 9.17) is 9.26 Å². The lowest BCUT2D eigenvalue weighted by atomic mass is 9.63. The monoisotopic (exact) mass is 612 g/mol. The van der Waals surface area contributed by atoms with Crippen molar-refractivity contribution in [2.24, 2.45) is 11.8 Å². The maximum atomic E-state index is 15.0. The maximum Gasteiger partial charge on any atom is 0.426 e. The summed E-state index contributed by atoms with van der Waals surface area (Å²) < 4.78 is 65.7. The van der Waals surface area contributed by atoms with Crippen molar-refractivity contribution in [2.45, 2.75) is 81.6 Å². The van der Waals surface area contributed by atoms with E-state index in [0.717, 1.165) is 22.3 Å². The second-order valence-corrected chi connectivity index (χ2v) is 12.7. The highest BCUT2D eigenvalue weighted by molar-refractivity contribution is 5.81. The molecule has 2 aliphatic carbocycles. The summed E-state index contributed by atoms with van der Waals surface area (Å²) in [4.78, 5) is 28.0. The van der Waals surface area contributed by atoms with E-state index in [1.807, 2.05) is 29.2 Å². The maximum absolute atomic E-state index is 15.0. The van der Waals surface area contributed by atoms with E-state index in [0.29, 0.717) is 70.4 Å². The number of aryl methyl sites for hydroxylation is 1. The van der Waals surface area contributed by atoms with E-state index in [-0.39, 0.29) is 29.8 Å². The van der Waals surface area contributed by atoms with Gasteiger partial charge in [-0.15, -0.1) is 0 Å². The van der Waals surface area contributed by atoms with E-state index in [2.05, 4.69) is 5.16 Å². The minimum atomic E-state index is -5.04. The van der Waals surface area contributed by atoms with Gasteiger partial charge in [-0.1, -0.05) is 47.6 Å². The number of ether oxygens (including phenoxy) is 1. The molecule has 0 spiro atoms. The number of nitrogens with zero attached hydrogens (tertiary/aromatic N) is 2. The second kappa shape index (κ2) is 11.3. The average molecular weight is 613 g/mol. The highest BCUT2D eigenvalue weighted by Crippen LogP contribution is 2.51. The fourth-order valence-electron chi connectivity index (χ4n) is 7.79. The third-order valence-corrected chi connectivity index (χ3v) is 10.3. The third kappa shape index (κ3) is 5.20. The smallest absolute Gasteiger partial charge is 0.426 e. The van der Waals surface area contributed by atoms with Crippen LogP contribution in [-0.4, -0.2) is 47.8 Å². The van der Waals surface area contributed by atoms with E-state index in [1.54, 1.807) is 18.5 Å². The Labute approximate surface area is 253 Å². The Hall–Kier alpha value is -3.69. The Bertz CT molecular complexity index is 1510. The minimum absolute atomic E-state index is 0.0801. The SMILES string of the molecule is COC(=O)[C@H]1CC[C@H](C(=O)N2CCC3(Cc4ccc(-c5cnoc5)cc4)c4ccc(C(C)(F)C(F)(F)F)cc4CCC23)CC1. The standard InChI is InChI=1S/C34H36F4N2O4/c1-32(35,34(36,37)38)27-12-13-28-25(17-27)11-14-29-33(28,18-21-3-5-22(6-4-21)26-19-39-44-20-26)15-16-40(29)30(41)23-7-9-24(10-8-23)31(42)43-2/h3-6,12-13,17,19-20,23-24,29H,7-11,14-16,18H2,1-2H3/t23-,24-,29?,32?,33?.